The first kappa shape index (κ1) is 12.2. The summed E-state index contributed by atoms with van der Waals surface area (Å²) < 4.78 is 37.6. The Kier molecular flexibility index (Phi) is 3.24. The molecular formula is C13H14F3N. The number of nitrogens with one attached hydrogen (secondary N) is 1. The number of alkyl halides is 3. The van der Waals surface area contributed by atoms with Crippen LogP contribution in [0.3, 0.4) is 0 Å². The molecule has 4 heteroatoms. The standard InChI is InChI=1S/C13H14F3N/c1-9-8-11(13(14,15)16)2-3-12(9)10-4-6-17-7-5-10/h2-4,8,17H,5-7H2,1H3. The molecule has 0 saturated carbocycles. The molecule has 0 radical (unpaired) electrons. The van der Waals surface area contributed by atoms with Gasteiger partial charge in [0.1, 0.15) is 0 Å². The lowest BCUT2D eigenvalue weighted by Gasteiger charge is -2.17. The van der Waals surface area contributed by atoms with E-state index in [1.54, 1.807) is 13.0 Å². The summed E-state index contributed by atoms with van der Waals surface area (Å²) in [6.07, 6.45) is -1.35. The Morgan fingerprint density at radius 2 is 2.00 bits per heavy atom. The van der Waals surface area contributed by atoms with E-state index in [-0.39, 0.29) is 0 Å². The minimum absolute atomic E-state index is 0.576. The van der Waals surface area contributed by atoms with Crippen LogP contribution in [0.1, 0.15) is 23.1 Å². The number of halogens is 3. The fraction of sp³-hybridized carbons (Fsp3) is 0.385. The SMILES string of the molecule is Cc1cc(C(F)(F)F)ccc1C1=CCNCC1. The number of hydrogen-bond acceptors (Lipinski definition) is 1. The van der Waals surface area contributed by atoms with Gasteiger partial charge >= 0.3 is 6.18 Å². The number of aryl methyl sites for hydroxylation is 1. The molecule has 0 amide bonds. The van der Waals surface area contributed by atoms with Crippen LogP contribution in [-0.2, 0) is 6.18 Å². The zero-order chi connectivity index (χ0) is 12.5. The summed E-state index contributed by atoms with van der Waals surface area (Å²) in [6.45, 7) is 3.40. The number of hydrogen-bond donors (Lipinski definition) is 1. The summed E-state index contributed by atoms with van der Waals surface area (Å²) in [7, 11) is 0. The first-order valence-electron chi connectivity index (χ1n) is 5.56. The van der Waals surface area contributed by atoms with Gasteiger partial charge in [0.05, 0.1) is 5.56 Å². The molecule has 1 heterocycles. The van der Waals surface area contributed by atoms with Gasteiger partial charge < -0.3 is 5.32 Å². The average Bonchev–Trinajstić information content (AvgIpc) is 2.29. The Morgan fingerprint density at radius 3 is 2.53 bits per heavy atom. The van der Waals surface area contributed by atoms with Gasteiger partial charge in [-0.3, -0.25) is 0 Å². The van der Waals surface area contributed by atoms with Crippen molar-refractivity contribution in [1.29, 1.82) is 0 Å². The van der Waals surface area contributed by atoms with Crippen LogP contribution in [0.5, 0.6) is 0 Å². The quantitative estimate of drug-likeness (QED) is 0.794. The van der Waals surface area contributed by atoms with E-state index in [0.29, 0.717) is 5.56 Å². The second kappa shape index (κ2) is 4.53. The largest absolute Gasteiger partial charge is 0.416 e. The molecule has 17 heavy (non-hydrogen) atoms. The summed E-state index contributed by atoms with van der Waals surface area (Å²) in [5, 5.41) is 3.18. The molecule has 0 saturated heterocycles. The molecule has 1 aliphatic rings. The van der Waals surface area contributed by atoms with E-state index < -0.39 is 11.7 Å². The summed E-state index contributed by atoms with van der Waals surface area (Å²) in [6, 6.07) is 3.96. The molecule has 0 bridgehead atoms. The van der Waals surface area contributed by atoms with Crippen molar-refractivity contribution in [3.05, 3.63) is 41.0 Å². The third-order valence-electron chi connectivity index (χ3n) is 2.96. The van der Waals surface area contributed by atoms with Crippen LogP contribution in [0, 0.1) is 6.92 Å². The van der Waals surface area contributed by atoms with Gasteiger partial charge in [-0.15, -0.1) is 0 Å². The molecule has 0 fully saturated rings. The molecule has 0 aliphatic carbocycles. The minimum atomic E-state index is -4.26. The van der Waals surface area contributed by atoms with E-state index in [9.17, 15) is 13.2 Å². The Morgan fingerprint density at radius 1 is 1.24 bits per heavy atom. The van der Waals surface area contributed by atoms with Crippen molar-refractivity contribution < 1.29 is 13.2 Å². The molecular weight excluding hydrogens is 227 g/mol. The minimum Gasteiger partial charge on any atom is -0.313 e. The second-order valence-electron chi connectivity index (χ2n) is 4.21. The topological polar surface area (TPSA) is 12.0 Å². The van der Waals surface area contributed by atoms with Crippen LogP contribution in [0.4, 0.5) is 13.2 Å². The van der Waals surface area contributed by atoms with Crippen LogP contribution in [0.25, 0.3) is 5.57 Å². The average molecular weight is 241 g/mol. The van der Waals surface area contributed by atoms with Crippen LogP contribution in [0.15, 0.2) is 24.3 Å². The highest BCUT2D eigenvalue weighted by Gasteiger charge is 2.30. The predicted molar refractivity (Wildman–Crippen MR) is 61.6 cm³/mol. The first-order valence-corrected chi connectivity index (χ1v) is 5.56. The lowest BCUT2D eigenvalue weighted by atomic mass is 9.94. The molecule has 1 N–H and O–H groups in total. The van der Waals surface area contributed by atoms with Gasteiger partial charge in [0.15, 0.2) is 0 Å². The van der Waals surface area contributed by atoms with Crippen molar-refractivity contribution in [2.75, 3.05) is 13.1 Å². The van der Waals surface area contributed by atoms with Gasteiger partial charge in [-0.1, -0.05) is 12.1 Å². The Labute approximate surface area is 98.3 Å². The normalized spacial score (nSPS) is 16.8. The van der Waals surface area contributed by atoms with E-state index >= 15 is 0 Å². The molecule has 0 unspecified atom stereocenters. The van der Waals surface area contributed by atoms with Gasteiger partial charge in [-0.2, -0.15) is 13.2 Å². The first-order chi connectivity index (χ1) is 7.98. The fourth-order valence-electron chi connectivity index (χ4n) is 2.07. The van der Waals surface area contributed by atoms with Crippen molar-refractivity contribution in [2.24, 2.45) is 0 Å². The monoisotopic (exact) mass is 241 g/mol. The van der Waals surface area contributed by atoms with E-state index in [1.807, 2.05) is 6.08 Å². The third-order valence-corrected chi connectivity index (χ3v) is 2.96. The maximum absolute atomic E-state index is 12.5. The van der Waals surface area contributed by atoms with Crippen LogP contribution >= 0.6 is 0 Å². The van der Waals surface area contributed by atoms with E-state index in [2.05, 4.69) is 5.32 Å². The summed E-state index contributed by atoms with van der Waals surface area (Å²) in [5.74, 6) is 0. The number of rotatable bonds is 1. The van der Waals surface area contributed by atoms with Crippen LogP contribution in [-0.4, -0.2) is 13.1 Å². The van der Waals surface area contributed by atoms with Gasteiger partial charge in [-0.25, -0.2) is 0 Å². The molecule has 0 aromatic heterocycles. The zero-order valence-corrected chi connectivity index (χ0v) is 9.56. The summed E-state index contributed by atoms with van der Waals surface area (Å²) in [5.41, 5.74) is 2.18. The van der Waals surface area contributed by atoms with Crippen LogP contribution < -0.4 is 5.32 Å². The van der Waals surface area contributed by atoms with Gasteiger partial charge in [0, 0.05) is 6.54 Å². The number of benzene rings is 1. The second-order valence-corrected chi connectivity index (χ2v) is 4.21. The Bertz CT molecular complexity index is 446. The van der Waals surface area contributed by atoms with Gasteiger partial charge in [0.25, 0.3) is 0 Å². The lowest BCUT2D eigenvalue weighted by Crippen LogP contribution is -2.20. The Hall–Kier alpha value is -1.29. The highest BCUT2D eigenvalue weighted by atomic mass is 19.4. The molecule has 1 aliphatic heterocycles. The molecule has 0 spiro atoms. The molecule has 1 aromatic rings. The van der Waals surface area contributed by atoms with Crippen LogP contribution in [0.2, 0.25) is 0 Å². The maximum Gasteiger partial charge on any atom is 0.416 e. The van der Waals surface area contributed by atoms with Crippen molar-refractivity contribution >= 4 is 5.57 Å². The van der Waals surface area contributed by atoms with E-state index in [0.717, 1.165) is 36.7 Å². The lowest BCUT2D eigenvalue weighted by molar-refractivity contribution is -0.137. The smallest absolute Gasteiger partial charge is 0.313 e. The maximum atomic E-state index is 12.5. The van der Waals surface area contributed by atoms with Gasteiger partial charge in [0.2, 0.25) is 0 Å². The third kappa shape index (κ3) is 2.69. The molecule has 0 atom stereocenters. The van der Waals surface area contributed by atoms with E-state index in [4.69, 9.17) is 0 Å². The van der Waals surface area contributed by atoms with Crippen molar-refractivity contribution in [3.8, 4) is 0 Å². The molecule has 1 nitrogen and oxygen atoms in total. The fourth-order valence-corrected chi connectivity index (χ4v) is 2.07. The highest BCUT2D eigenvalue weighted by Crippen LogP contribution is 2.32. The molecule has 92 valence electrons. The van der Waals surface area contributed by atoms with Crippen molar-refractivity contribution in [3.63, 3.8) is 0 Å². The van der Waals surface area contributed by atoms with Gasteiger partial charge in [-0.05, 0) is 48.7 Å². The van der Waals surface area contributed by atoms with E-state index in [1.165, 1.54) is 6.07 Å². The molecule has 1 aromatic carbocycles. The molecule has 2 rings (SSSR count). The van der Waals surface area contributed by atoms with Crippen molar-refractivity contribution in [1.82, 2.24) is 5.32 Å². The van der Waals surface area contributed by atoms with Crippen molar-refractivity contribution in [2.45, 2.75) is 19.5 Å². The predicted octanol–water partition coefficient (Wildman–Crippen LogP) is 3.39. The zero-order valence-electron chi connectivity index (χ0n) is 9.56. The summed E-state index contributed by atoms with van der Waals surface area (Å²) >= 11 is 0. The Balaban J connectivity index is 2.35. The summed E-state index contributed by atoms with van der Waals surface area (Å²) in [4.78, 5) is 0. The highest BCUT2D eigenvalue weighted by molar-refractivity contribution is 5.69.